The molecular weight excluding hydrogens is 332 g/mol. The largest absolute Gasteiger partial charge is 0.405 e. The maximum Gasteiger partial charge on any atom is 0.274 e. The van der Waals surface area contributed by atoms with Gasteiger partial charge in [-0.2, -0.15) is 0 Å². The molecule has 6 N–H and O–H groups in total. The molecule has 26 heavy (non-hydrogen) atoms. The summed E-state index contributed by atoms with van der Waals surface area (Å²) >= 11 is 0. The normalized spacial score (nSPS) is 16.5. The summed E-state index contributed by atoms with van der Waals surface area (Å²) in [5, 5.41) is 3.72. The summed E-state index contributed by atoms with van der Waals surface area (Å²) in [4.78, 5) is 29.8. The van der Waals surface area contributed by atoms with Gasteiger partial charge in [0.15, 0.2) is 0 Å². The van der Waals surface area contributed by atoms with Crippen molar-refractivity contribution in [2.24, 2.45) is 18.5 Å². The summed E-state index contributed by atoms with van der Waals surface area (Å²) in [6.07, 6.45) is 9.77. The summed E-state index contributed by atoms with van der Waals surface area (Å²) in [5.74, 6) is 0.502. The number of aryl methyl sites for hydroxylation is 1. The van der Waals surface area contributed by atoms with Crippen molar-refractivity contribution in [1.82, 2.24) is 19.8 Å². The topological polar surface area (TPSA) is 122 Å². The lowest BCUT2D eigenvalue weighted by Gasteiger charge is -2.33. The Morgan fingerprint density at radius 3 is 2.81 bits per heavy atom. The molecule has 3 rings (SSSR count). The number of amides is 1. The number of carbonyl (C=O) groups excluding carboxylic acids is 1. The summed E-state index contributed by atoms with van der Waals surface area (Å²) in [6, 6.07) is 1.83. The molecule has 2 aromatic heterocycles. The van der Waals surface area contributed by atoms with Crippen LogP contribution in [0.15, 0.2) is 47.4 Å². The van der Waals surface area contributed by atoms with E-state index in [9.17, 15) is 9.59 Å². The lowest BCUT2D eigenvalue weighted by molar-refractivity contribution is 0.0919. The number of fused-ring (bicyclic) bond motifs is 1. The van der Waals surface area contributed by atoms with Gasteiger partial charge >= 0.3 is 0 Å². The fourth-order valence-electron chi connectivity index (χ4n) is 3.25. The molecule has 0 radical (unpaired) electrons. The zero-order valence-electron chi connectivity index (χ0n) is 14.7. The molecule has 1 aliphatic rings. The van der Waals surface area contributed by atoms with Gasteiger partial charge in [-0.05, 0) is 37.3 Å². The minimum atomic E-state index is -0.168. The summed E-state index contributed by atoms with van der Waals surface area (Å²) in [7, 11) is 1.64. The zero-order valence-corrected chi connectivity index (χ0v) is 14.7. The molecule has 8 nitrogen and oxygen atoms in total. The van der Waals surface area contributed by atoms with Crippen LogP contribution in [0.5, 0.6) is 0 Å². The predicted octanol–water partition coefficient (Wildman–Crippen LogP) is 0.333. The standard InChI is InChI=1S/C18H24N6O2/c1-23-11-14(13-4-8-21-16(13)18(23)26)17(25)22-12-5-9-24(10-6-12)15(20)3-2-7-19/h2-4,7-8,11-12,21H,5-6,9-10,19-20H2,1H3,(H,22,25)/b7-2-,15-3+. The van der Waals surface area contributed by atoms with Crippen molar-refractivity contribution in [2.45, 2.75) is 18.9 Å². The molecule has 1 aliphatic heterocycles. The number of aromatic amines is 1. The summed E-state index contributed by atoms with van der Waals surface area (Å²) < 4.78 is 1.42. The van der Waals surface area contributed by atoms with Crippen LogP contribution in [0.25, 0.3) is 10.9 Å². The van der Waals surface area contributed by atoms with Crippen molar-refractivity contribution >= 4 is 16.8 Å². The Balaban J connectivity index is 1.68. The number of pyridine rings is 1. The summed E-state index contributed by atoms with van der Waals surface area (Å²) in [5.41, 5.74) is 12.1. The zero-order chi connectivity index (χ0) is 18.7. The van der Waals surface area contributed by atoms with Crippen molar-refractivity contribution in [3.05, 3.63) is 58.6 Å². The first-order valence-corrected chi connectivity index (χ1v) is 8.58. The molecule has 1 amide bonds. The third-order valence-electron chi connectivity index (χ3n) is 4.71. The molecule has 8 heteroatoms. The number of rotatable bonds is 4. The molecule has 0 atom stereocenters. The first kappa shape index (κ1) is 17.7. The number of hydrogen-bond acceptors (Lipinski definition) is 5. The van der Waals surface area contributed by atoms with Gasteiger partial charge in [0.25, 0.3) is 11.5 Å². The van der Waals surface area contributed by atoms with Crippen LogP contribution in [0.1, 0.15) is 23.2 Å². The molecule has 0 spiro atoms. The molecule has 1 fully saturated rings. The lowest BCUT2D eigenvalue weighted by Crippen LogP contribution is -2.45. The second-order valence-corrected chi connectivity index (χ2v) is 6.44. The van der Waals surface area contributed by atoms with Crippen LogP contribution in [0.2, 0.25) is 0 Å². The average molecular weight is 356 g/mol. The van der Waals surface area contributed by atoms with Crippen LogP contribution in [-0.4, -0.2) is 39.5 Å². The van der Waals surface area contributed by atoms with Gasteiger partial charge in [0.05, 0.1) is 11.4 Å². The van der Waals surface area contributed by atoms with Gasteiger partial charge in [0.1, 0.15) is 5.52 Å². The van der Waals surface area contributed by atoms with Gasteiger partial charge in [-0.15, -0.1) is 0 Å². The van der Waals surface area contributed by atoms with E-state index in [0.717, 1.165) is 25.9 Å². The van der Waals surface area contributed by atoms with Crippen molar-refractivity contribution in [1.29, 1.82) is 0 Å². The smallest absolute Gasteiger partial charge is 0.274 e. The Morgan fingerprint density at radius 2 is 2.12 bits per heavy atom. The fraction of sp³-hybridized carbons (Fsp3) is 0.333. The number of likely N-dealkylation sites (tertiary alicyclic amines) is 1. The monoisotopic (exact) mass is 356 g/mol. The van der Waals surface area contributed by atoms with Gasteiger partial charge in [-0.1, -0.05) is 0 Å². The minimum absolute atomic E-state index is 0.0721. The third-order valence-corrected chi connectivity index (χ3v) is 4.71. The highest BCUT2D eigenvalue weighted by molar-refractivity contribution is 6.06. The van der Waals surface area contributed by atoms with Gasteiger partial charge in [0.2, 0.25) is 0 Å². The Hall–Kier alpha value is -3.16. The van der Waals surface area contributed by atoms with E-state index in [1.165, 1.54) is 10.8 Å². The van der Waals surface area contributed by atoms with Crippen LogP contribution < -0.4 is 22.3 Å². The van der Waals surface area contributed by atoms with Gasteiger partial charge in [-0.3, -0.25) is 9.59 Å². The molecule has 1 saturated heterocycles. The number of nitrogens with two attached hydrogens (primary N) is 2. The molecule has 0 unspecified atom stereocenters. The maximum atomic E-state index is 12.7. The highest BCUT2D eigenvalue weighted by Crippen LogP contribution is 2.17. The third kappa shape index (κ3) is 3.44. The van der Waals surface area contributed by atoms with Crippen molar-refractivity contribution in [3.8, 4) is 0 Å². The number of aromatic nitrogens is 2. The van der Waals surface area contributed by atoms with E-state index < -0.39 is 0 Å². The second kappa shape index (κ2) is 7.38. The maximum absolute atomic E-state index is 12.7. The van der Waals surface area contributed by atoms with E-state index in [1.807, 2.05) is 0 Å². The Morgan fingerprint density at radius 1 is 1.38 bits per heavy atom. The van der Waals surface area contributed by atoms with Crippen LogP contribution in [0.4, 0.5) is 0 Å². The van der Waals surface area contributed by atoms with E-state index in [2.05, 4.69) is 15.2 Å². The molecule has 0 aliphatic carbocycles. The first-order valence-electron chi connectivity index (χ1n) is 8.58. The Kier molecular flexibility index (Phi) is 5.01. The quantitative estimate of drug-likeness (QED) is 0.588. The summed E-state index contributed by atoms with van der Waals surface area (Å²) in [6.45, 7) is 1.52. The van der Waals surface area contributed by atoms with E-state index in [-0.39, 0.29) is 17.5 Å². The van der Waals surface area contributed by atoms with Crippen LogP contribution in [0, 0.1) is 0 Å². The van der Waals surface area contributed by atoms with E-state index in [0.29, 0.717) is 22.3 Å². The van der Waals surface area contributed by atoms with Gasteiger partial charge < -0.3 is 31.2 Å². The SMILES string of the molecule is Cn1cc(C(=O)NC2CCN(/C(N)=C/C=C\N)CC2)c2cc[nH]c2c1=O. The number of nitrogens with zero attached hydrogens (tertiary/aromatic N) is 2. The number of carbonyl (C=O) groups is 1. The average Bonchev–Trinajstić information content (AvgIpc) is 3.13. The van der Waals surface area contributed by atoms with Crippen molar-refractivity contribution < 1.29 is 4.79 Å². The number of H-pyrrole nitrogens is 1. The molecule has 138 valence electrons. The Labute approximate surface area is 151 Å². The van der Waals surface area contributed by atoms with Crippen LogP contribution in [-0.2, 0) is 7.05 Å². The van der Waals surface area contributed by atoms with Crippen molar-refractivity contribution in [2.75, 3.05) is 13.1 Å². The molecule has 0 aromatic carbocycles. The second-order valence-electron chi connectivity index (χ2n) is 6.44. The number of piperidine rings is 1. The van der Waals surface area contributed by atoms with Gasteiger partial charge in [-0.25, -0.2) is 0 Å². The fourth-order valence-corrected chi connectivity index (χ4v) is 3.25. The molecular formula is C18H24N6O2. The minimum Gasteiger partial charge on any atom is -0.405 e. The van der Waals surface area contributed by atoms with E-state index in [1.54, 1.807) is 37.7 Å². The van der Waals surface area contributed by atoms with Crippen LogP contribution >= 0.6 is 0 Å². The van der Waals surface area contributed by atoms with Gasteiger partial charge in [0, 0.05) is 44.0 Å². The highest BCUT2D eigenvalue weighted by atomic mass is 16.2. The number of hydrogen-bond donors (Lipinski definition) is 4. The molecule has 0 bridgehead atoms. The van der Waals surface area contributed by atoms with E-state index >= 15 is 0 Å². The van der Waals surface area contributed by atoms with Crippen LogP contribution in [0.3, 0.4) is 0 Å². The lowest BCUT2D eigenvalue weighted by atomic mass is 10.0. The Bertz CT molecular complexity index is 915. The molecule has 2 aromatic rings. The highest BCUT2D eigenvalue weighted by Gasteiger charge is 2.23. The number of nitrogens with one attached hydrogen (secondary N) is 2. The van der Waals surface area contributed by atoms with Crippen molar-refractivity contribution in [3.63, 3.8) is 0 Å². The molecule has 3 heterocycles. The first-order chi connectivity index (χ1) is 12.5. The van der Waals surface area contributed by atoms with E-state index in [4.69, 9.17) is 11.5 Å². The molecule has 0 saturated carbocycles. The number of allylic oxidation sites excluding steroid dienone is 2. The predicted molar refractivity (Wildman–Crippen MR) is 101 cm³/mol.